The van der Waals surface area contributed by atoms with Gasteiger partial charge in [0.2, 0.25) is 0 Å². The Kier molecular flexibility index (Phi) is 2.45. The summed E-state index contributed by atoms with van der Waals surface area (Å²) in [5, 5.41) is 17.5. The van der Waals surface area contributed by atoms with Crippen molar-refractivity contribution >= 4 is 0 Å². The maximum Gasteiger partial charge on any atom is 0.130 e. The Bertz CT molecular complexity index is 81.1. The highest BCUT2D eigenvalue weighted by Crippen LogP contribution is 2.08. The number of nitrogens with zero attached hydrogens (tertiary/aromatic N) is 1. The predicted molar refractivity (Wildman–Crippen MR) is 33.9 cm³/mol. The summed E-state index contributed by atoms with van der Waals surface area (Å²) in [6, 6.07) is 0. The minimum atomic E-state index is -0.618. The summed E-state index contributed by atoms with van der Waals surface area (Å²) in [4.78, 5) is 1.89. The second-order valence-corrected chi connectivity index (χ2v) is 2.41. The number of aliphatic hydroxyl groups is 2. The van der Waals surface area contributed by atoms with Gasteiger partial charge in [0.1, 0.15) is 6.23 Å². The van der Waals surface area contributed by atoms with Crippen molar-refractivity contribution in [2.75, 3.05) is 19.7 Å². The molecule has 0 aliphatic carbocycles. The fourth-order valence-electron chi connectivity index (χ4n) is 1.16. The molecule has 1 unspecified atom stereocenters. The molecule has 1 saturated heterocycles. The third-order valence-corrected chi connectivity index (χ3v) is 1.73. The molecule has 0 bridgehead atoms. The van der Waals surface area contributed by atoms with Crippen molar-refractivity contribution in [3.63, 3.8) is 0 Å². The zero-order chi connectivity index (χ0) is 6.69. The van der Waals surface area contributed by atoms with Gasteiger partial charge in [-0.15, -0.1) is 0 Å². The summed E-state index contributed by atoms with van der Waals surface area (Å²) in [5.41, 5.74) is 0. The highest BCUT2D eigenvalue weighted by molar-refractivity contribution is 4.67. The average Bonchev–Trinajstić information content (AvgIpc) is 2.37. The Morgan fingerprint density at radius 2 is 1.89 bits per heavy atom. The fourth-order valence-corrected chi connectivity index (χ4v) is 1.16. The Morgan fingerprint density at radius 1 is 1.33 bits per heavy atom. The van der Waals surface area contributed by atoms with E-state index in [1.54, 1.807) is 0 Å². The lowest BCUT2D eigenvalue weighted by Gasteiger charge is -2.19. The van der Waals surface area contributed by atoms with Crippen LogP contribution in [0, 0.1) is 0 Å². The van der Waals surface area contributed by atoms with Crippen LogP contribution in [0.25, 0.3) is 0 Å². The SMILES string of the molecule is OCC(O)N1CCCC1. The second-order valence-electron chi connectivity index (χ2n) is 2.41. The molecule has 0 aromatic rings. The molecular weight excluding hydrogens is 118 g/mol. The van der Waals surface area contributed by atoms with Crippen molar-refractivity contribution in [1.29, 1.82) is 0 Å². The standard InChI is InChI=1S/C6H13NO2/c8-5-6(9)7-3-1-2-4-7/h6,8-9H,1-5H2. The van der Waals surface area contributed by atoms with E-state index in [4.69, 9.17) is 10.2 Å². The molecule has 0 amide bonds. The van der Waals surface area contributed by atoms with Gasteiger partial charge in [0.05, 0.1) is 6.61 Å². The van der Waals surface area contributed by atoms with Crippen LogP contribution in [-0.4, -0.2) is 41.0 Å². The Morgan fingerprint density at radius 3 is 2.33 bits per heavy atom. The van der Waals surface area contributed by atoms with Crippen LogP contribution in [0.15, 0.2) is 0 Å². The molecular formula is C6H13NO2. The van der Waals surface area contributed by atoms with Gasteiger partial charge in [-0.25, -0.2) is 0 Å². The molecule has 1 aliphatic heterocycles. The molecule has 2 N–H and O–H groups in total. The molecule has 0 aromatic carbocycles. The van der Waals surface area contributed by atoms with Crippen LogP contribution in [0.3, 0.4) is 0 Å². The fraction of sp³-hybridized carbons (Fsp3) is 1.00. The Labute approximate surface area is 54.9 Å². The first-order valence-corrected chi connectivity index (χ1v) is 3.37. The van der Waals surface area contributed by atoms with E-state index in [-0.39, 0.29) is 6.61 Å². The number of rotatable bonds is 2. The summed E-state index contributed by atoms with van der Waals surface area (Å²) in [6.45, 7) is 1.73. The van der Waals surface area contributed by atoms with Crippen molar-refractivity contribution in [2.45, 2.75) is 19.1 Å². The summed E-state index contributed by atoms with van der Waals surface area (Å²) >= 11 is 0. The number of likely N-dealkylation sites (tertiary alicyclic amines) is 1. The highest BCUT2D eigenvalue weighted by atomic mass is 16.3. The molecule has 54 valence electrons. The summed E-state index contributed by atoms with van der Waals surface area (Å²) in [5.74, 6) is 0. The molecule has 1 atom stereocenters. The van der Waals surface area contributed by atoms with Crippen LogP contribution >= 0.6 is 0 Å². The van der Waals surface area contributed by atoms with Gasteiger partial charge in [0, 0.05) is 13.1 Å². The molecule has 9 heavy (non-hydrogen) atoms. The minimum Gasteiger partial charge on any atom is -0.392 e. The quantitative estimate of drug-likeness (QED) is 0.525. The van der Waals surface area contributed by atoms with E-state index in [9.17, 15) is 0 Å². The molecule has 1 aliphatic rings. The largest absolute Gasteiger partial charge is 0.392 e. The molecule has 0 saturated carbocycles. The molecule has 0 aromatic heterocycles. The van der Waals surface area contributed by atoms with Gasteiger partial charge in [0.25, 0.3) is 0 Å². The van der Waals surface area contributed by atoms with Gasteiger partial charge in [-0.3, -0.25) is 4.90 Å². The van der Waals surface area contributed by atoms with Crippen LogP contribution in [0.2, 0.25) is 0 Å². The molecule has 3 nitrogen and oxygen atoms in total. The van der Waals surface area contributed by atoms with E-state index in [0.717, 1.165) is 25.9 Å². The first-order chi connectivity index (χ1) is 4.34. The van der Waals surface area contributed by atoms with Crippen molar-refractivity contribution in [3.05, 3.63) is 0 Å². The van der Waals surface area contributed by atoms with Crippen LogP contribution in [0.4, 0.5) is 0 Å². The number of hydrogen-bond donors (Lipinski definition) is 2. The van der Waals surface area contributed by atoms with Crippen LogP contribution in [0.1, 0.15) is 12.8 Å². The highest BCUT2D eigenvalue weighted by Gasteiger charge is 2.17. The van der Waals surface area contributed by atoms with Gasteiger partial charge in [-0.05, 0) is 12.8 Å². The lowest BCUT2D eigenvalue weighted by atomic mass is 10.4. The van der Waals surface area contributed by atoms with E-state index in [0.29, 0.717) is 0 Å². The number of hydrogen-bond acceptors (Lipinski definition) is 3. The zero-order valence-electron chi connectivity index (χ0n) is 5.45. The third kappa shape index (κ3) is 1.64. The molecule has 0 radical (unpaired) electrons. The maximum absolute atomic E-state index is 9.03. The average molecular weight is 131 g/mol. The van der Waals surface area contributed by atoms with Gasteiger partial charge in [-0.2, -0.15) is 0 Å². The topological polar surface area (TPSA) is 43.7 Å². The normalized spacial score (nSPS) is 24.7. The van der Waals surface area contributed by atoms with Crippen LogP contribution in [0.5, 0.6) is 0 Å². The third-order valence-electron chi connectivity index (χ3n) is 1.73. The van der Waals surface area contributed by atoms with Gasteiger partial charge in [0.15, 0.2) is 0 Å². The van der Waals surface area contributed by atoms with Crippen LogP contribution < -0.4 is 0 Å². The zero-order valence-corrected chi connectivity index (χ0v) is 5.45. The van der Waals surface area contributed by atoms with E-state index in [1.165, 1.54) is 0 Å². The smallest absolute Gasteiger partial charge is 0.130 e. The van der Waals surface area contributed by atoms with E-state index < -0.39 is 6.23 Å². The first-order valence-electron chi connectivity index (χ1n) is 3.37. The van der Waals surface area contributed by atoms with E-state index in [2.05, 4.69) is 0 Å². The van der Waals surface area contributed by atoms with E-state index in [1.807, 2.05) is 4.90 Å². The van der Waals surface area contributed by atoms with Crippen molar-refractivity contribution < 1.29 is 10.2 Å². The molecule has 1 rings (SSSR count). The molecule has 3 heteroatoms. The lowest BCUT2D eigenvalue weighted by molar-refractivity contribution is -0.0217. The molecule has 1 heterocycles. The van der Waals surface area contributed by atoms with Gasteiger partial charge < -0.3 is 10.2 Å². The van der Waals surface area contributed by atoms with Crippen LogP contribution in [-0.2, 0) is 0 Å². The van der Waals surface area contributed by atoms with E-state index >= 15 is 0 Å². The molecule has 0 spiro atoms. The monoisotopic (exact) mass is 131 g/mol. The first kappa shape index (κ1) is 6.99. The maximum atomic E-state index is 9.03. The van der Waals surface area contributed by atoms with Crippen molar-refractivity contribution in [1.82, 2.24) is 4.90 Å². The lowest BCUT2D eigenvalue weighted by Crippen LogP contribution is -2.35. The Hall–Kier alpha value is -0.120. The van der Waals surface area contributed by atoms with Gasteiger partial charge in [-0.1, -0.05) is 0 Å². The summed E-state index contributed by atoms with van der Waals surface area (Å²) < 4.78 is 0. The second kappa shape index (κ2) is 3.15. The van der Waals surface area contributed by atoms with Crippen molar-refractivity contribution in [2.24, 2.45) is 0 Å². The summed E-state index contributed by atoms with van der Waals surface area (Å²) in [7, 11) is 0. The molecule has 1 fully saturated rings. The number of aliphatic hydroxyl groups excluding tert-OH is 2. The van der Waals surface area contributed by atoms with Gasteiger partial charge >= 0.3 is 0 Å². The Balaban J connectivity index is 2.24. The summed E-state index contributed by atoms with van der Waals surface area (Å²) in [6.07, 6.45) is 1.68. The van der Waals surface area contributed by atoms with Crippen molar-refractivity contribution in [3.8, 4) is 0 Å². The predicted octanol–water partition coefficient (Wildman–Crippen LogP) is -0.607. The minimum absolute atomic E-state index is 0.139.